The van der Waals surface area contributed by atoms with E-state index in [4.69, 9.17) is 9.84 Å². The van der Waals surface area contributed by atoms with Crippen LogP contribution in [-0.4, -0.2) is 55.3 Å². The van der Waals surface area contributed by atoms with Crippen LogP contribution in [0.2, 0.25) is 0 Å². The number of nitrogens with one attached hydrogen (secondary N) is 2. The van der Waals surface area contributed by atoms with Gasteiger partial charge in [-0.2, -0.15) is 18.3 Å². The van der Waals surface area contributed by atoms with Crippen LogP contribution in [0.25, 0.3) is 22.2 Å². The number of fused-ring (bicyclic) bond motifs is 1. The van der Waals surface area contributed by atoms with Crippen molar-refractivity contribution in [3.05, 3.63) is 75.1 Å². The number of nitrogens with zero attached hydrogens (tertiary/aromatic N) is 4. The standard InChI is InChI=1S/C25H23F5N6O4/c1-13(34-20-11-33-35-23(38)21(20)25(28,29)30)6-15(26)12-36-3-2-14-7-18(19(27)8-17(14)24(36)39)22-31-9-16(10-32-22)40-5-4-37/h2-3,7-11,13,15,37H,4-6,12H2,1H3,(H2,34,35,38)/t13-,15+/m1/s1. The fraction of sp³-hybridized carbons (Fsp3) is 0.320. The Balaban J connectivity index is 1.49. The normalized spacial score (nSPS) is 13.3. The zero-order valence-corrected chi connectivity index (χ0v) is 20.9. The van der Waals surface area contributed by atoms with Gasteiger partial charge in [-0.25, -0.2) is 23.8 Å². The molecule has 0 saturated carbocycles. The van der Waals surface area contributed by atoms with Crippen molar-refractivity contribution >= 4 is 16.5 Å². The van der Waals surface area contributed by atoms with Gasteiger partial charge in [0.05, 0.1) is 48.4 Å². The number of anilines is 1. The Hall–Kier alpha value is -4.40. The minimum Gasteiger partial charge on any atom is -0.488 e. The summed E-state index contributed by atoms with van der Waals surface area (Å²) < 4.78 is 75.8. The molecule has 0 bridgehead atoms. The first-order chi connectivity index (χ1) is 19.0. The van der Waals surface area contributed by atoms with E-state index in [-0.39, 0.29) is 42.2 Å². The zero-order valence-electron chi connectivity index (χ0n) is 20.9. The summed E-state index contributed by atoms with van der Waals surface area (Å²) >= 11 is 0. The van der Waals surface area contributed by atoms with Gasteiger partial charge < -0.3 is 19.7 Å². The molecule has 0 unspecified atom stereocenters. The quantitative estimate of drug-likeness (QED) is 0.249. The molecule has 0 fully saturated rings. The van der Waals surface area contributed by atoms with E-state index in [1.807, 2.05) is 0 Å². The van der Waals surface area contributed by atoms with Gasteiger partial charge in [0, 0.05) is 18.7 Å². The predicted molar refractivity (Wildman–Crippen MR) is 134 cm³/mol. The lowest BCUT2D eigenvalue weighted by Crippen LogP contribution is -2.30. The van der Waals surface area contributed by atoms with Crippen LogP contribution in [0.4, 0.5) is 27.6 Å². The van der Waals surface area contributed by atoms with E-state index in [0.717, 1.165) is 16.8 Å². The maximum atomic E-state index is 14.9. The van der Waals surface area contributed by atoms with Gasteiger partial charge in [-0.1, -0.05) is 0 Å². The number of hydrogen-bond donors (Lipinski definition) is 3. The highest BCUT2D eigenvalue weighted by atomic mass is 19.4. The number of alkyl halides is 4. The number of halogens is 5. The Morgan fingerprint density at radius 1 is 1.18 bits per heavy atom. The topological polar surface area (TPSA) is 135 Å². The van der Waals surface area contributed by atoms with Crippen LogP contribution < -0.4 is 21.2 Å². The van der Waals surface area contributed by atoms with Gasteiger partial charge in [0.2, 0.25) is 0 Å². The molecule has 10 nitrogen and oxygen atoms in total. The summed E-state index contributed by atoms with van der Waals surface area (Å²) in [4.78, 5) is 32.7. The van der Waals surface area contributed by atoms with E-state index in [0.29, 0.717) is 5.39 Å². The second-order valence-electron chi connectivity index (χ2n) is 8.87. The summed E-state index contributed by atoms with van der Waals surface area (Å²) in [5.41, 5.74) is -4.16. The van der Waals surface area contributed by atoms with Gasteiger partial charge in [-0.15, -0.1) is 0 Å². The number of aromatic nitrogens is 5. The number of aliphatic hydroxyl groups excluding tert-OH is 1. The SMILES string of the molecule is C[C@H](C[C@H](F)Cn1ccc2cc(-c3ncc(OCCO)cn3)c(F)cc2c1=O)Nc1cn[nH]c(=O)c1C(F)(F)F. The molecule has 0 aliphatic heterocycles. The first-order valence-electron chi connectivity index (χ1n) is 11.9. The monoisotopic (exact) mass is 566 g/mol. The molecule has 15 heteroatoms. The van der Waals surface area contributed by atoms with Crippen molar-refractivity contribution in [1.82, 2.24) is 24.7 Å². The van der Waals surface area contributed by atoms with E-state index in [1.54, 1.807) is 5.10 Å². The van der Waals surface area contributed by atoms with Crippen molar-refractivity contribution in [1.29, 1.82) is 0 Å². The Bertz CT molecular complexity index is 1610. The van der Waals surface area contributed by atoms with E-state index in [2.05, 4.69) is 20.4 Å². The summed E-state index contributed by atoms with van der Waals surface area (Å²) in [6, 6.07) is 3.01. The maximum Gasteiger partial charge on any atom is 0.423 e. The number of aromatic amines is 1. The van der Waals surface area contributed by atoms with Crippen molar-refractivity contribution in [2.45, 2.75) is 38.3 Å². The number of ether oxygens (including phenoxy) is 1. The highest BCUT2D eigenvalue weighted by Gasteiger charge is 2.37. The molecule has 4 rings (SSSR count). The average molecular weight is 566 g/mol. The molecule has 3 heterocycles. The van der Waals surface area contributed by atoms with Crippen molar-refractivity contribution in [3.63, 3.8) is 0 Å². The lowest BCUT2D eigenvalue weighted by atomic mass is 10.1. The molecule has 0 radical (unpaired) electrons. The summed E-state index contributed by atoms with van der Waals surface area (Å²) in [5.74, 6) is -0.468. The van der Waals surface area contributed by atoms with Gasteiger partial charge in [0.15, 0.2) is 11.6 Å². The molecule has 3 N–H and O–H groups in total. The van der Waals surface area contributed by atoms with Gasteiger partial charge in [0.1, 0.15) is 24.2 Å². The third-order valence-electron chi connectivity index (χ3n) is 5.84. The van der Waals surface area contributed by atoms with Crippen LogP contribution >= 0.6 is 0 Å². The number of rotatable bonds is 10. The molecule has 0 spiro atoms. The number of H-pyrrole nitrogens is 1. The van der Waals surface area contributed by atoms with Gasteiger partial charge in [-0.3, -0.25) is 9.59 Å². The maximum absolute atomic E-state index is 14.9. The molecule has 212 valence electrons. The summed E-state index contributed by atoms with van der Waals surface area (Å²) in [7, 11) is 0. The Morgan fingerprint density at radius 2 is 1.90 bits per heavy atom. The summed E-state index contributed by atoms with van der Waals surface area (Å²) in [5, 5.41) is 16.7. The molecule has 0 amide bonds. The summed E-state index contributed by atoms with van der Waals surface area (Å²) in [6.45, 7) is 0.816. The second-order valence-corrected chi connectivity index (χ2v) is 8.87. The zero-order chi connectivity index (χ0) is 29.0. The third-order valence-corrected chi connectivity index (χ3v) is 5.84. The predicted octanol–water partition coefficient (Wildman–Crippen LogP) is 3.30. The van der Waals surface area contributed by atoms with E-state index in [9.17, 15) is 31.5 Å². The van der Waals surface area contributed by atoms with Gasteiger partial charge in [0.25, 0.3) is 11.1 Å². The largest absolute Gasteiger partial charge is 0.488 e. The van der Waals surface area contributed by atoms with E-state index < -0.39 is 53.1 Å². The Kier molecular flexibility index (Phi) is 8.42. The number of benzene rings is 1. The van der Waals surface area contributed by atoms with Crippen LogP contribution in [0, 0.1) is 5.82 Å². The molecular weight excluding hydrogens is 543 g/mol. The molecule has 0 aliphatic rings. The van der Waals surface area contributed by atoms with E-state index in [1.165, 1.54) is 37.6 Å². The summed E-state index contributed by atoms with van der Waals surface area (Å²) in [6.07, 6.45) is -2.20. The minimum absolute atomic E-state index is 0.0190. The van der Waals surface area contributed by atoms with Crippen molar-refractivity contribution < 1.29 is 31.8 Å². The fourth-order valence-corrected chi connectivity index (χ4v) is 4.10. The highest BCUT2D eigenvalue weighted by Crippen LogP contribution is 2.32. The van der Waals surface area contributed by atoms with Crippen LogP contribution in [0.1, 0.15) is 18.9 Å². The molecule has 1 aromatic carbocycles. The third kappa shape index (κ3) is 6.42. The molecule has 0 aliphatic carbocycles. The molecule has 40 heavy (non-hydrogen) atoms. The average Bonchev–Trinajstić information content (AvgIpc) is 2.88. The fourth-order valence-electron chi connectivity index (χ4n) is 4.10. The lowest BCUT2D eigenvalue weighted by Gasteiger charge is -2.20. The van der Waals surface area contributed by atoms with Crippen LogP contribution in [0.5, 0.6) is 5.75 Å². The number of aliphatic hydroxyl groups is 1. The second kappa shape index (κ2) is 11.8. The Labute approximate surface area is 222 Å². The van der Waals surface area contributed by atoms with Crippen molar-refractivity contribution in [2.24, 2.45) is 0 Å². The lowest BCUT2D eigenvalue weighted by molar-refractivity contribution is -0.138. The molecule has 3 aromatic heterocycles. The van der Waals surface area contributed by atoms with E-state index >= 15 is 0 Å². The van der Waals surface area contributed by atoms with Crippen molar-refractivity contribution in [3.8, 4) is 17.1 Å². The molecule has 2 atom stereocenters. The first-order valence-corrected chi connectivity index (χ1v) is 11.9. The number of pyridine rings is 1. The highest BCUT2D eigenvalue weighted by molar-refractivity contribution is 5.86. The minimum atomic E-state index is -4.95. The van der Waals surface area contributed by atoms with Crippen LogP contribution in [0.3, 0.4) is 0 Å². The van der Waals surface area contributed by atoms with Crippen LogP contribution in [0.15, 0.2) is 52.6 Å². The Morgan fingerprint density at radius 3 is 2.58 bits per heavy atom. The molecule has 0 saturated heterocycles. The van der Waals surface area contributed by atoms with Crippen LogP contribution in [-0.2, 0) is 12.7 Å². The first kappa shape index (κ1) is 28.6. The van der Waals surface area contributed by atoms with Gasteiger partial charge in [-0.05, 0) is 30.5 Å². The molecule has 4 aromatic rings. The molecular formula is C25H23F5N6O4. The number of hydrogen-bond acceptors (Lipinski definition) is 8. The van der Waals surface area contributed by atoms with Crippen molar-refractivity contribution in [2.75, 3.05) is 18.5 Å². The van der Waals surface area contributed by atoms with Gasteiger partial charge >= 0.3 is 6.18 Å². The smallest absolute Gasteiger partial charge is 0.423 e.